The Morgan fingerprint density at radius 2 is 1.96 bits per heavy atom. The van der Waals surface area contributed by atoms with Gasteiger partial charge in [-0.3, -0.25) is 14.9 Å². The molecule has 1 saturated carbocycles. The Hall–Kier alpha value is -4.19. The number of hydrogen-bond donors (Lipinski definition) is 1. The van der Waals surface area contributed by atoms with Crippen molar-refractivity contribution in [3.05, 3.63) is 92.9 Å². The van der Waals surface area contributed by atoms with E-state index in [0.717, 1.165) is 72.1 Å². The van der Waals surface area contributed by atoms with Gasteiger partial charge in [0.1, 0.15) is 22.8 Å². The van der Waals surface area contributed by atoms with Gasteiger partial charge in [-0.05, 0) is 75.0 Å². The Labute approximate surface area is 274 Å². The third-order valence-electron chi connectivity index (χ3n) is 8.96. The molecule has 2 aromatic carbocycles. The lowest BCUT2D eigenvalue weighted by Gasteiger charge is -2.32. The van der Waals surface area contributed by atoms with E-state index in [-0.39, 0.29) is 11.7 Å². The number of carbonyl (C=O) groups is 1. The fourth-order valence-electron chi connectivity index (χ4n) is 6.41. The molecule has 46 heavy (non-hydrogen) atoms. The number of piperidine rings is 1. The van der Waals surface area contributed by atoms with E-state index >= 15 is 0 Å². The fourth-order valence-corrected chi connectivity index (χ4v) is 7.11. The van der Waals surface area contributed by atoms with Crippen molar-refractivity contribution in [2.75, 3.05) is 13.1 Å². The molecule has 0 spiro atoms. The maximum absolute atomic E-state index is 12.1. The molecule has 1 saturated heterocycles. The van der Waals surface area contributed by atoms with E-state index in [1.54, 1.807) is 35.7 Å². The van der Waals surface area contributed by atoms with E-state index in [2.05, 4.69) is 25.5 Å². The molecule has 2 fully saturated rings. The van der Waals surface area contributed by atoms with Gasteiger partial charge in [0.25, 0.3) is 5.79 Å². The van der Waals surface area contributed by atoms with Crippen LogP contribution in [0.25, 0.3) is 11.0 Å². The first-order valence-electron chi connectivity index (χ1n) is 15.5. The average Bonchev–Trinajstić information content (AvgIpc) is 3.41. The molecule has 10 nitrogen and oxygen atoms in total. The lowest BCUT2D eigenvalue weighted by Crippen LogP contribution is -2.34. The van der Waals surface area contributed by atoms with Crippen LogP contribution in [0, 0.1) is 0 Å². The summed E-state index contributed by atoms with van der Waals surface area (Å²) in [5.74, 6) is 1.23. The monoisotopic (exact) mass is 657 g/mol. The van der Waals surface area contributed by atoms with Gasteiger partial charge in [-0.25, -0.2) is 9.78 Å². The number of ether oxygens (including phenoxy) is 3. The molecule has 0 radical (unpaired) electrons. The third kappa shape index (κ3) is 5.56. The SMILES string of the molecule is C[C@@]1(c2ccc(Cl)cn2)Oc2cccc(C3CCN(Cc4nc5c(OC6CC6)cc(C(=O)O)cc5n4Cc4cncs4)CC3)c2O1. The van der Waals surface area contributed by atoms with Gasteiger partial charge in [0, 0.05) is 29.8 Å². The Balaban J connectivity index is 1.04. The summed E-state index contributed by atoms with van der Waals surface area (Å²) in [6.07, 6.45) is 7.42. The minimum absolute atomic E-state index is 0.121. The number of benzene rings is 2. The quantitative estimate of drug-likeness (QED) is 0.182. The molecule has 12 heteroatoms. The Bertz CT molecular complexity index is 1920. The molecule has 5 heterocycles. The number of para-hydroxylation sites is 1. The van der Waals surface area contributed by atoms with Gasteiger partial charge in [-0.15, -0.1) is 11.3 Å². The van der Waals surface area contributed by atoms with Gasteiger partial charge < -0.3 is 23.9 Å². The highest BCUT2D eigenvalue weighted by atomic mass is 35.5. The molecule has 5 aromatic rings. The predicted octanol–water partition coefficient (Wildman–Crippen LogP) is 6.85. The van der Waals surface area contributed by atoms with Crippen LogP contribution in [0.5, 0.6) is 17.2 Å². The van der Waals surface area contributed by atoms with Gasteiger partial charge in [0.15, 0.2) is 11.5 Å². The number of hydrogen-bond acceptors (Lipinski definition) is 9. The second-order valence-corrected chi connectivity index (χ2v) is 13.7. The van der Waals surface area contributed by atoms with E-state index in [1.807, 2.05) is 36.8 Å². The molecule has 2 aliphatic heterocycles. The van der Waals surface area contributed by atoms with Crippen LogP contribution in [0.1, 0.15) is 70.8 Å². The van der Waals surface area contributed by atoms with Crippen LogP contribution in [0.15, 0.2) is 60.4 Å². The van der Waals surface area contributed by atoms with E-state index < -0.39 is 11.8 Å². The topological polar surface area (TPSA) is 112 Å². The van der Waals surface area contributed by atoms with Gasteiger partial charge in [0.05, 0.1) is 40.8 Å². The minimum Gasteiger partial charge on any atom is -0.488 e. The molecule has 3 aromatic heterocycles. The van der Waals surface area contributed by atoms with Gasteiger partial charge in [-0.1, -0.05) is 23.7 Å². The average molecular weight is 658 g/mol. The zero-order chi connectivity index (χ0) is 31.4. The highest BCUT2D eigenvalue weighted by molar-refractivity contribution is 7.09. The van der Waals surface area contributed by atoms with Gasteiger partial charge >= 0.3 is 5.97 Å². The second kappa shape index (κ2) is 11.6. The highest BCUT2D eigenvalue weighted by Gasteiger charge is 2.42. The van der Waals surface area contributed by atoms with E-state index in [4.69, 9.17) is 30.8 Å². The molecule has 0 bridgehead atoms. The Morgan fingerprint density at radius 3 is 2.67 bits per heavy atom. The molecule has 1 atom stereocenters. The van der Waals surface area contributed by atoms with E-state index in [1.165, 1.54) is 0 Å². The summed E-state index contributed by atoms with van der Waals surface area (Å²) in [6.45, 7) is 4.84. The van der Waals surface area contributed by atoms with Crippen LogP contribution in [0.3, 0.4) is 0 Å². The standard InChI is InChI=1S/C34H32ClN5O5S/c1-34(29-8-5-22(35)15-37-29)44-27-4-2-3-25(32(27)45-34)20-9-11-39(12-10-20)18-30-38-31-26(40(30)17-24-16-36-19-46-24)13-21(33(41)42)14-28(31)43-23-6-7-23/h2-5,8,13-16,19-20,23H,6-7,9-12,17-18H2,1H3,(H,41,42)/t34-/m1/s1. The van der Waals surface area contributed by atoms with E-state index in [9.17, 15) is 9.90 Å². The summed E-state index contributed by atoms with van der Waals surface area (Å²) in [4.78, 5) is 29.3. The van der Waals surface area contributed by atoms with Crippen molar-refractivity contribution >= 4 is 39.9 Å². The molecule has 1 aliphatic carbocycles. The summed E-state index contributed by atoms with van der Waals surface area (Å²) in [6, 6.07) is 13.1. The molecular formula is C34H32ClN5O5S. The number of aromatic carboxylic acids is 1. The van der Waals surface area contributed by atoms with Gasteiger partial charge in [-0.2, -0.15) is 0 Å². The Morgan fingerprint density at radius 1 is 1.11 bits per heavy atom. The second-order valence-electron chi connectivity index (χ2n) is 12.3. The number of carboxylic acids is 1. The normalized spacial score (nSPS) is 20.0. The molecular weight excluding hydrogens is 626 g/mol. The van der Waals surface area contributed by atoms with Crippen LogP contribution in [0.4, 0.5) is 0 Å². The molecule has 3 aliphatic rings. The summed E-state index contributed by atoms with van der Waals surface area (Å²) in [5, 5.41) is 10.4. The molecule has 1 N–H and O–H groups in total. The number of imidazole rings is 1. The lowest BCUT2D eigenvalue weighted by molar-refractivity contribution is -0.0722. The smallest absolute Gasteiger partial charge is 0.335 e. The largest absolute Gasteiger partial charge is 0.488 e. The first kappa shape index (κ1) is 29.2. The van der Waals surface area contributed by atoms with Crippen LogP contribution in [0.2, 0.25) is 5.02 Å². The highest BCUT2D eigenvalue weighted by Crippen LogP contribution is 2.49. The number of halogens is 1. The third-order valence-corrected chi connectivity index (χ3v) is 9.94. The van der Waals surface area contributed by atoms with Crippen LogP contribution < -0.4 is 14.2 Å². The summed E-state index contributed by atoms with van der Waals surface area (Å²) in [5.41, 5.74) is 5.30. The number of nitrogens with zero attached hydrogens (tertiary/aromatic N) is 5. The maximum atomic E-state index is 12.1. The van der Waals surface area contributed by atoms with Crippen molar-refractivity contribution in [2.24, 2.45) is 0 Å². The molecule has 8 rings (SSSR count). The Kier molecular flexibility index (Phi) is 7.34. The van der Waals surface area contributed by atoms with Crippen molar-refractivity contribution in [1.29, 1.82) is 0 Å². The number of fused-ring (bicyclic) bond motifs is 2. The zero-order valence-corrected chi connectivity index (χ0v) is 26.8. The number of pyridine rings is 1. The van der Waals surface area contributed by atoms with Crippen LogP contribution in [-0.2, 0) is 18.9 Å². The minimum atomic E-state index is -1.02. The lowest BCUT2D eigenvalue weighted by atomic mass is 9.88. The molecule has 236 valence electrons. The number of rotatable bonds is 9. The van der Waals surface area contributed by atoms with E-state index in [0.29, 0.717) is 41.0 Å². The maximum Gasteiger partial charge on any atom is 0.335 e. The fraction of sp³-hybridized carbons (Fsp3) is 0.353. The van der Waals surface area contributed by atoms with Crippen LogP contribution >= 0.6 is 22.9 Å². The summed E-state index contributed by atoms with van der Waals surface area (Å²) < 4.78 is 21.1. The summed E-state index contributed by atoms with van der Waals surface area (Å²) >= 11 is 7.64. The van der Waals surface area contributed by atoms with Crippen molar-refractivity contribution in [3.8, 4) is 17.2 Å². The zero-order valence-electron chi connectivity index (χ0n) is 25.2. The summed E-state index contributed by atoms with van der Waals surface area (Å²) in [7, 11) is 0. The number of thiazole rings is 1. The van der Waals surface area contributed by atoms with Crippen molar-refractivity contribution in [2.45, 2.75) is 63.5 Å². The molecule has 0 amide bonds. The first-order chi connectivity index (χ1) is 22.3. The van der Waals surface area contributed by atoms with Crippen LogP contribution in [-0.4, -0.2) is 54.7 Å². The van der Waals surface area contributed by atoms with Gasteiger partial charge in [0.2, 0.25) is 0 Å². The van der Waals surface area contributed by atoms with Crippen molar-refractivity contribution < 1.29 is 24.1 Å². The molecule has 0 unspecified atom stereocenters. The van der Waals surface area contributed by atoms with Crippen molar-refractivity contribution in [3.63, 3.8) is 0 Å². The first-order valence-corrected chi connectivity index (χ1v) is 16.7. The number of aromatic nitrogens is 4. The van der Waals surface area contributed by atoms with Crippen molar-refractivity contribution in [1.82, 2.24) is 24.4 Å². The number of carboxylic acid groups (broad SMARTS) is 1. The number of likely N-dealkylation sites (tertiary alicyclic amines) is 1. The predicted molar refractivity (Wildman–Crippen MR) is 173 cm³/mol.